The van der Waals surface area contributed by atoms with Gasteiger partial charge in [0.1, 0.15) is 5.75 Å². The molecule has 1 N–H and O–H groups in total. The van der Waals surface area contributed by atoms with Crippen molar-refractivity contribution in [1.82, 2.24) is 9.78 Å². The first-order valence-electron chi connectivity index (χ1n) is 4.73. The lowest BCUT2D eigenvalue weighted by Gasteiger charge is -2.07. The van der Waals surface area contributed by atoms with Crippen molar-refractivity contribution in [1.29, 1.82) is 0 Å². The summed E-state index contributed by atoms with van der Waals surface area (Å²) in [4.78, 5) is 0. The van der Waals surface area contributed by atoms with E-state index in [0.717, 1.165) is 22.3 Å². The predicted octanol–water partition coefficient (Wildman–Crippen LogP) is 3.04. The van der Waals surface area contributed by atoms with Gasteiger partial charge in [-0.25, -0.2) is 0 Å². The molecule has 78 valence electrons. The summed E-state index contributed by atoms with van der Waals surface area (Å²) >= 11 is 3.39. The van der Waals surface area contributed by atoms with Gasteiger partial charge in [-0.2, -0.15) is 5.10 Å². The second kappa shape index (κ2) is 4.06. The van der Waals surface area contributed by atoms with Gasteiger partial charge in [-0.05, 0) is 31.2 Å². The van der Waals surface area contributed by atoms with Crippen LogP contribution in [0.4, 0.5) is 0 Å². The van der Waals surface area contributed by atoms with Crippen molar-refractivity contribution in [2.75, 3.05) is 0 Å². The summed E-state index contributed by atoms with van der Waals surface area (Å²) in [7, 11) is 0. The van der Waals surface area contributed by atoms with E-state index in [1.54, 1.807) is 12.3 Å². The number of aryl methyl sites for hydroxylation is 1. The second-order valence-electron chi connectivity index (χ2n) is 3.19. The normalized spacial score (nSPS) is 10.5. The summed E-state index contributed by atoms with van der Waals surface area (Å²) in [6.07, 6.45) is 1.74. The van der Waals surface area contributed by atoms with E-state index in [9.17, 15) is 5.11 Å². The summed E-state index contributed by atoms with van der Waals surface area (Å²) < 4.78 is 2.79. The Bertz CT molecular complexity index is 479. The van der Waals surface area contributed by atoms with Crippen molar-refractivity contribution in [3.8, 4) is 17.0 Å². The first-order chi connectivity index (χ1) is 7.22. The van der Waals surface area contributed by atoms with Crippen LogP contribution < -0.4 is 0 Å². The minimum absolute atomic E-state index is 0.272. The molecule has 15 heavy (non-hydrogen) atoms. The zero-order valence-corrected chi connectivity index (χ0v) is 9.90. The fraction of sp³-hybridized carbons (Fsp3) is 0.182. The Hall–Kier alpha value is -1.29. The van der Waals surface area contributed by atoms with E-state index >= 15 is 0 Å². The third kappa shape index (κ3) is 1.90. The number of hydrogen-bond acceptors (Lipinski definition) is 2. The number of phenols is 1. The summed E-state index contributed by atoms with van der Waals surface area (Å²) in [6.45, 7) is 2.81. The highest BCUT2D eigenvalue weighted by molar-refractivity contribution is 9.10. The summed E-state index contributed by atoms with van der Waals surface area (Å²) in [5.41, 5.74) is 1.72. The number of aromatic nitrogens is 2. The molecule has 0 aliphatic rings. The van der Waals surface area contributed by atoms with Crippen LogP contribution in [0.3, 0.4) is 0 Å². The Morgan fingerprint density at radius 3 is 2.93 bits per heavy atom. The summed E-state index contributed by atoms with van der Waals surface area (Å²) in [5.74, 6) is 0.272. The zero-order chi connectivity index (χ0) is 10.8. The molecular weight excluding hydrogens is 256 g/mol. The lowest BCUT2D eigenvalue weighted by Crippen LogP contribution is -1.98. The molecule has 0 amide bonds. The monoisotopic (exact) mass is 266 g/mol. The molecule has 0 unspecified atom stereocenters. The van der Waals surface area contributed by atoms with Crippen molar-refractivity contribution in [2.45, 2.75) is 13.5 Å². The van der Waals surface area contributed by atoms with Gasteiger partial charge in [-0.15, -0.1) is 0 Å². The lowest BCUT2D eigenvalue weighted by atomic mass is 10.1. The van der Waals surface area contributed by atoms with Gasteiger partial charge in [0.25, 0.3) is 0 Å². The first kappa shape index (κ1) is 10.2. The van der Waals surface area contributed by atoms with Crippen LogP contribution in [0.2, 0.25) is 0 Å². The molecule has 0 aliphatic heterocycles. The van der Waals surface area contributed by atoms with E-state index in [2.05, 4.69) is 21.0 Å². The van der Waals surface area contributed by atoms with Gasteiger partial charge in [0, 0.05) is 22.8 Å². The third-order valence-corrected chi connectivity index (χ3v) is 2.74. The zero-order valence-electron chi connectivity index (χ0n) is 8.31. The number of phenolic OH excluding ortho intramolecular Hbond substituents is 1. The smallest absolute Gasteiger partial charge is 0.125 e. The molecule has 0 aliphatic carbocycles. The average molecular weight is 267 g/mol. The van der Waals surface area contributed by atoms with Crippen LogP contribution in [-0.4, -0.2) is 14.9 Å². The van der Waals surface area contributed by atoms with E-state index in [1.807, 2.05) is 29.8 Å². The molecule has 0 saturated carbocycles. The molecule has 0 saturated heterocycles. The lowest BCUT2D eigenvalue weighted by molar-refractivity contribution is 0.476. The van der Waals surface area contributed by atoms with E-state index in [1.165, 1.54) is 0 Å². The number of rotatable bonds is 2. The van der Waals surface area contributed by atoms with Gasteiger partial charge in [-0.3, -0.25) is 4.68 Å². The maximum absolute atomic E-state index is 9.76. The molecule has 0 atom stereocenters. The van der Waals surface area contributed by atoms with Crippen molar-refractivity contribution in [3.63, 3.8) is 0 Å². The molecule has 3 nitrogen and oxygen atoms in total. The molecule has 0 fully saturated rings. The van der Waals surface area contributed by atoms with Crippen LogP contribution in [0.25, 0.3) is 11.3 Å². The minimum atomic E-state index is 0.272. The fourth-order valence-electron chi connectivity index (χ4n) is 1.53. The van der Waals surface area contributed by atoms with Crippen LogP contribution in [0.1, 0.15) is 6.92 Å². The molecule has 1 heterocycles. The number of aromatic hydroxyl groups is 1. The molecule has 1 aromatic carbocycles. The van der Waals surface area contributed by atoms with Crippen LogP contribution in [0.5, 0.6) is 5.75 Å². The van der Waals surface area contributed by atoms with Crippen molar-refractivity contribution < 1.29 is 5.11 Å². The largest absolute Gasteiger partial charge is 0.507 e. The Morgan fingerprint density at radius 1 is 1.40 bits per heavy atom. The summed E-state index contributed by atoms with van der Waals surface area (Å²) in [5, 5.41) is 13.9. The van der Waals surface area contributed by atoms with Crippen LogP contribution >= 0.6 is 15.9 Å². The van der Waals surface area contributed by atoms with Gasteiger partial charge >= 0.3 is 0 Å². The molecule has 2 rings (SSSR count). The van der Waals surface area contributed by atoms with Gasteiger partial charge in [0.2, 0.25) is 0 Å². The fourth-order valence-corrected chi connectivity index (χ4v) is 1.89. The molecule has 1 aromatic heterocycles. The van der Waals surface area contributed by atoms with Crippen LogP contribution in [0, 0.1) is 0 Å². The molecule has 0 radical (unpaired) electrons. The number of nitrogens with zero attached hydrogens (tertiary/aromatic N) is 2. The highest BCUT2D eigenvalue weighted by atomic mass is 79.9. The molecular formula is C11H11BrN2O. The van der Waals surface area contributed by atoms with Gasteiger partial charge in [-0.1, -0.05) is 15.9 Å². The average Bonchev–Trinajstić information content (AvgIpc) is 2.69. The highest BCUT2D eigenvalue weighted by Crippen LogP contribution is 2.31. The SMILES string of the molecule is CCn1nccc1-c1cc(Br)ccc1O. The van der Waals surface area contributed by atoms with Gasteiger partial charge < -0.3 is 5.11 Å². The van der Waals surface area contributed by atoms with E-state index in [0.29, 0.717) is 0 Å². The molecule has 2 aromatic rings. The quantitative estimate of drug-likeness (QED) is 0.908. The second-order valence-corrected chi connectivity index (χ2v) is 4.11. The highest BCUT2D eigenvalue weighted by Gasteiger charge is 2.09. The number of benzene rings is 1. The van der Waals surface area contributed by atoms with E-state index < -0.39 is 0 Å². The standard InChI is InChI=1S/C11H11BrN2O/c1-2-14-10(5-6-13-14)9-7-8(12)3-4-11(9)15/h3-7,15H,2H2,1H3. The third-order valence-electron chi connectivity index (χ3n) is 2.25. The Kier molecular flexibility index (Phi) is 2.77. The van der Waals surface area contributed by atoms with Crippen molar-refractivity contribution >= 4 is 15.9 Å². The predicted molar refractivity (Wildman–Crippen MR) is 62.7 cm³/mol. The Balaban J connectivity index is 2.58. The molecule has 4 heteroatoms. The molecule has 0 bridgehead atoms. The van der Waals surface area contributed by atoms with E-state index in [-0.39, 0.29) is 5.75 Å². The van der Waals surface area contributed by atoms with Gasteiger partial charge in [0.05, 0.1) is 5.69 Å². The van der Waals surface area contributed by atoms with Crippen LogP contribution in [0.15, 0.2) is 34.9 Å². The maximum Gasteiger partial charge on any atom is 0.125 e. The maximum atomic E-state index is 9.76. The van der Waals surface area contributed by atoms with Crippen LogP contribution in [-0.2, 0) is 6.54 Å². The number of hydrogen-bond donors (Lipinski definition) is 1. The molecule has 0 spiro atoms. The van der Waals surface area contributed by atoms with Crippen molar-refractivity contribution in [2.24, 2.45) is 0 Å². The summed E-state index contributed by atoms with van der Waals surface area (Å²) in [6, 6.07) is 7.27. The number of halogens is 1. The topological polar surface area (TPSA) is 38.0 Å². The minimum Gasteiger partial charge on any atom is -0.507 e. The van der Waals surface area contributed by atoms with Crippen molar-refractivity contribution in [3.05, 3.63) is 34.9 Å². The van der Waals surface area contributed by atoms with Gasteiger partial charge in [0.15, 0.2) is 0 Å². The first-order valence-corrected chi connectivity index (χ1v) is 5.52. The Morgan fingerprint density at radius 2 is 2.20 bits per heavy atom. The Labute approximate surface area is 96.5 Å². The van der Waals surface area contributed by atoms with E-state index in [4.69, 9.17) is 0 Å².